The average molecular weight is 427 g/mol. The second kappa shape index (κ2) is 5.40. The molecule has 2 aromatic carbocycles. The Morgan fingerprint density at radius 1 is 1.26 bits per heavy atom. The summed E-state index contributed by atoms with van der Waals surface area (Å²) in [6.07, 6.45) is 3.20. The van der Waals surface area contributed by atoms with Gasteiger partial charge in [0.1, 0.15) is 22.5 Å². The highest BCUT2D eigenvalue weighted by Gasteiger charge is 2.20. The van der Waals surface area contributed by atoms with Gasteiger partial charge in [-0.05, 0) is 33.6 Å². The molecule has 9 heteroatoms. The zero-order chi connectivity index (χ0) is 18.9. The van der Waals surface area contributed by atoms with Gasteiger partial charge in [-0.25, -0.2) is 9.37 Å². The summed E-state index contributed by atoms with van der Waals surface area (Å²) in [6.45, 7) is 0. The summed E-state index contributed by atoms with van der Waals surface area (Å²) >= 11 is 3.58. The summed E-state index contributed by atoms with van der Waals surface area (Å²) in [5.41, 5.74) is 9.27. The molecule has 0 fully saturated rings. The first-order chi connectivity index (χ1) is 13.0. The highest BCUT2D eigenvalue weighted by Crippen LogP contribution is 2.39. The Bertz CT molecular complexity index is 1450. The standard InChI is InChI=1S/C18H12BrFN6O/c1-26-6-22-16-15-8(4-10(19)17(16)26)12(13(21)18(27)24-15)7-2-3-11(20)14-9(7)5-23-25-14/h2-6H,21H2,1H3,(H,23,25)(H,24,27). The first kappa shape index (κ1) is 16.0. The van der Waals surface area contributed by atoms with Crippen molar-refractivity contribution in [3.8, 4) is 11.1 Å². The molecule has 27 heavy (non-hydrogen) atoms. The quantitative estimate of drug-likeness (QED) is 0.381. The van der Waals surface area contributed by atoms with E-state index in [0.29, 0.717) is 32.9 Å². The molecule has 5 aromatic rings. The number of fused-ring (bicyclic) bond motifs is 4. The number of aryl methyl sites for hydroxylation is 1. The van der Waals surface area contributed by atoms with Crippen molar-refractivity contribution in [3.05, 3.63) is 51.4 Å². The zero-order valence-electron chi connectivity index (χ0n) is 14.0. The molecule has 0 aliphatic carbocycles. The maximum absolute atomic E-state index is 14.1. The number of hydrogen-bond donors (Lipinski definition) is 3. The minimum absolute atomic E-state index is 0.0544. The molecule has 3 heterocycles. The van der Waals surface area contributed by atoms with E-state index in [1.807, 2.05) is 17.7 Å². The van der Waals surface area contributed by atoms with E-state index >= 15 is 0 Å². The fourth-order valence-corrected chi connectivity index (χ4v) is 4.26. The van der Waals surface area contributed by atoms with E-state index in [1.54, 1.807) is 12.4 Å². The van der Waals surface area contributed by atoms with Crippen molar-refractivity contribution in [1.29, 1.82) is 0 Å². The van der Waals surface area contributed by atoms with Crippen LogP contribution in [0, 0.1) is 5.82 Å². The van der Waals surface area contributed by atoms with Crippen LogP contribution in [0.1, 0.15) is 0 Å². The van der Waals surface area contributed by atoms with Gasteiger partial charge >= 0.3 is 0 Å². The number of pyridine rings is 1. The van der Waals surface area contributed by atoms with Crippen LogP contribution >= 0.6 is 15.9 Å². The third-order valence-corrected chi connectivity index (χ3v) is 5.40. The van der Waals surface area contributed by atoms with Gasteiger partial charge in [0, 0.05) is 27.9 Å². The Morgan fingerprint density at radius 3 is 2.89 bits per heavy atom. The molecule has 0 radical (unpaired) electrons. The molecule has 0 aliphatic rings. The number of halogens is 2. The third-order valence-electron chi connectivity index (χ3n) is 4.80. The van der Waals surface area contributed by atoms with Crippen molar-refractivity contribution in [2.24, 2.45) is 7.05 Å². The topological polar surface area (TPSA) is 105 Å². The molecule has 0 saturated carbocycles. The van der Waals surface area contributed by atoms with E-state index in [2.05, 4.69) is 36.1 Å². The van der Waals surface area contributed by atoms with Crippen LogP contribution in [0.2, 0.25) is 0 Å². The van der Waals surface area contributed by atoms with Gasteiger partial charge < -0.3 is 15.3 Å². The van der Waals surface area contributed by atoms with Gasteiger partial charge in [0.05, 0.1) is 23.6 Å². The van der Waals surface area contributed by atoms with Crippen LogP contribution in [0.15, 0.2) is 40.0 Å². The highest BCUT2D eigenvalue weighted by atomic mass is 79.9. The molecular formula is C18H12BrFN6O. The van der Waals surface area contributed by atoms with Crippen molar-refractivity contribution in [1.82, 2.24) is 24.7 Å². The molecule has 0 unspecified atom stereocenters. The molecule has 0 spiro atoms. The predicted octanol–water partition coefficient (Wildman–Crippen LogP) is 3.44. The van der Waals surface area contributed by atoms with Crippen molar-refractivity contribution < 1.29 is 4.39 Å². The summed E-state index contributed by atoms with van der Waals surface area (Å²) in [5, 5.41) is 7.84. The molecule has 3 aromatic heterocycles. The van der Waals surface area contributed by atoms with Gasteiger partial charge in [-0.1, -0.05) is 6.07 Å². The number of aromatic nitrogens is 5. The van der Waals surface area contributed by atoms with Crippen molar-refractivity contribution in [2.45, 2.75) is 0 Å². The molecule has 0 atom stereocenters. The van der Waals surface area contributed by atoms with Crippen LogP contribution in [0.5, 0.6) is 0 Å². The molecule has 0 amide bonds. The second-order valence-corrected chi connectivity index (χ2v) is 7.18. The Morgan fingerprint density at radius 2 is 2.07 bits per heavy atom. The van der Waals surface area contributed by atoms with Gasteiger partial charge in [-0.15, -0.1) is 0 Å². The minimum atomic E-state index is -0.424. The zero-order valence-corrected chi connectivity index (χ0v) is 15.6. The summed E-state index contributed by atoms with van der Waals surface area (Å²) in [6, 6.07) is 4.82. The fraction of sp³-hybridized carbons (Fsp3) is 0.0556. The lowest BCUT2D eigenvalue weighted by Gasteiger charge is -2.12. The average Bonchev–Trinajstić information content (AvgIpc) is 3.27. The van der Waals surface area contributed by atoms with Crippen LogP contribution in [0.25, 0.3) is 44.0 Å². The van der Waals surface area contributed by atoms with Crippen molar-refractivity contribution in [2.75, 3.05) is 5.73 Å². The van der Waals surface area contributed by atoms with Crippen molar-refractivity contribution >= 4 is 54.5 Å². The van der Waals surface area contributed by atoms with E-state index in [0.717, 1.165) is 9.99 Å². The van der Waals surface area contributed by atoms with E-state index in [-0.39, 0.29) is 11.2 Å². The Kier molecular flexibility index (Phi) is 3.20. The largest absolute Gasteiger partial charge is 0.394 e. The predicted molar refractivity (Wildman–Crippen MR) is 106 cm³/mol. The smallest absolute Gasteiger partial charge is 0.272 e. The van der Waals surface area contributed by atoms with Crippen LogP contribution in [-0.2, 0) is 7.05 Å². The molecule has 4 N–H and O–H groups in total. The van der Waals surface area contributed by atoms with Crippen LogP contribution in [0.3, 0.4) is 0 Å². The molecule has 7 nitrogen and oxygen atoms in total. The van der Waals surface area contributed by atoms with Gasteiger partial charge in [-0.3, -0.25) is 9.89 Å². The van der Waals surface area contributed by atoms with Crippen LogP contribution < -0.4 is 11.3 Å². The first-order valence-corrected chi connectivity index (χ1v) is 8.83. The number of benzene rings is 2. The number of nitrogens with one attached hydrogen (secondary N) is 2. The summed E-state index contributed by atoms with van der Waals surface area (Å²) in [4.78, 5) is 19.8. The lowest BCUT2D eigenvalue weighted by molar-refractivity contribution is 0.636. The van der Waals surface area contributed by atoms with Gasteiger partial charge in [0.15, 0.2) is 0 Å². The molecule has 0 saturated heterocycles. The highest BCUT2D eigenvalue weighted by molar-refractivity contribution is 9.10. The number of nitrogens with two attached hydrogens (primary N) is 1. The first-order valence-electron chi connectivity index (χ1n) is 8.04. The third kappa shape index (κ3) is 2.08. The molecule has 0 aliphatic heterocycles. The van der Waals surface area contributed by atoms with Gasteiger partial charge in [-0.2, -0.15) is 5.10 Å². The number of nitrogen functional groups attached to an aromatic ring is 1. The molecule has 134 valence electrons. The Hall–Kier alpha value is -3.20. The number of H-pyrrole nitrogens is 2. The van der Waals surface area contributed by atoms with Crippen LogP contribution in [0.4, 0.5) is 10.1 Å². The minimum Gasteiger partial charge on any atom is -0.394 e. The lowest BCUT2D eigenvalue weighted by atomic mass is 9.96. The Balaban J connectivity index is 2.03. The number of hydrogen-bond acceptors (Lipinski definition) is 4. The number of aromatic amines is 2. The van der Waals surface area contributed by atoms with E-state index in [4.69, 9.17) is 5.73 Å². The second-order valence-electron chi connectivity index (χ2n) is 6.33. The summed E-state index contributed by atoms with van der Waals surface area (Å²) < 4.78 is 16.8. The SMILES string of the molecule is Cn1cnc2c3[nH]c(=O)c(N)c(-c4ccc(F)c5[nH]ncc45)c3cc(Br)c21. The number of anilines is 1. The number of rotatable bonds is 1. The summed E-state index contributed by atoms with van der Waals surface area (Å²) in [5.74, 6) is -0.424. The van der Waals surface area contributed by atoms with Crippen LogP contribution in [-0.4, -0.2) is 24.7 Å². The fourth-order valence-electron chi connectivity index (χ4n) is 3.56. The maximum atomic E-state index is 14.1. The van der Waals surface area contributed by atoms with Gasteiger partial charge in [0.2, 0.25) is 0 Å². The molecular weight excluding hydrogens is 415 g/mol. The van der Waals surface area contributed by atoms with Gasteiger partial charge in [0.25, 0.3) is 5.56 Å². The number of nitrogens with zero attached hydrogens (tertiary/aromatic N) is 3. The summed E-state index contributed by atoms with van der Waals surface area (Å²) in [7, 11) is 1.87. The van der Waals surface area contributed by atoms with E-state index in [9.17, 15) is 9.18 Å². The van der Waals surface area contributed by atoms with E-state index in [1.165, 1.54) is 12.3 Å². The Labute approximate surface area is 159 Å². The molecule has 0 bridgehead atoms. The lowest BCUT2D eigenvalue weighted by Crippen LogP contribution is -2.14. The monoisotopic (exact) mass is 426 g/mol. The van der Waals surface area contributed by atoms with Crippen molar-refractivity contribution in [3.63, 3.8) is 0 Å². The van der Waals surface area contributed by atoms with E-state index < -0.39 is 11.4 Å². The number of imidazole rings is 1. The normalized spacial score (nSPS) is 11.8. The maximum Gasteiger partial charge on any atom is 0.272 e. The molecule has 5 rings (SSSR count).